The van der Waals surface area contributed by atoms with Crippen LogP contribution in [-0.2, 0) is 16.6 Å². The number of hydrazine groups is 1. The van der Waals surface area contributed by atoms with Crippen molar-refractivity contribution in [2.75, 3.05) is 7.11 Å². The molecule has 0 saturated carbocycles. The van der Waals surface area contributed by atoms with Gasteiger partial charge in [-0.05, 0) is 12.8 Å². The predicted octanol–water partition coefficient (Wildman–Crippen LogP) is 3.02. The summed E-state index contributed by atoms with van der Waals surface area (Å²) in [5.74, 6) is 5.77. The third-order valence-corrected chi connectivity index (χ3v) is 5.01. The molecule has 0 spiro atoms. The molecule has 0 aromatic carbocycles. The van der Waals surface area contributed by atoms with Crippen LogP contribution < -0.4 is 11.3 Å². The van der Waals surface area contributed by atoms with Crippen molar-refractivity contribution in [3.63, 3.8) is 0 Å². The number of nitrogens with zero attached hydrogens (tertiary/aromatic N) is 1. The summed E-state index contributed by atoms with van der Waals surface area (Å²) in [6.07, 6.45) is 2.64. The van der Waals surface area contributed by atoms with Crippen LogP contribution in [0.1, 0.15) is 58.2 Å². The molecular formula is C15H29N3OS. The Hall–Kier alpha value is -0.490. The highest BCUT2D eigenvalue weighted by Gasteiger charge is 2.36. The molecule has 0 aliphatic rings. The number of nitrogens with two attached hydrogens (primary N) is 1. The van der Waals surface area contributed by atoms with E-state index >= 15 is 0 Å². The first-order valence-corrected chi connectivity index (χ1v) is 8.17. The van der Waals surface area contributed by atoms with E-state index in [2.05, 4.69) is 45.4 Å². The normalized spacial score (nSPS) is 14.6. The Morgan fingerprint density at radius 3 is 2.30 bits per heavy atom. The standard InChI is InChI=1S/C15H29N3OS/c1-7-15(8-2,19-6)11(18-16)9-13-17-12(10-20-13)14(3,4)5/h10-11,18H,7-9,16H2,1-6H3. The summed E-state index contributed by atoms with van der Waals surface area (Å²) >= 11 is 1.71. The Labute approximate surface area is 127 Å². The first kappa shape index (κ1) is 17.6. The van der Waals surface area contributed by atoms with E-state index in [-0.39, 0.29) is 17.1 Å². The maximum Gasteiger partial charge on any atom is 0.0945 e. The summed E-state index contributed by atoms with van der Waals surface area (Å²) in [5.41, 5.74) is 3.93. The molecule has 1 unspecified atom stereocenters. The molecule has 1 rings (SSSR count). The third kappa shape index (κ3) is 3.79. The van der Waals surface area contributed by atoms with Gasteiger partial charge in [0.15, 0.2) is 0 Å². The van der Waals surface area contributed by atoms with Crippen LogP contribution in [0.15, 0.2) is 5.38 Å². The molecule has 0 bridgehead atoms. The molecule has 0 saturated heterocycles. The van der Waals surface area contributed by atoms with Gasteiger partial charge in [-0.2, -0.15) is 0 Å². The highest BCUT2D eigenvalue weighted by atomic mass is 32.1. The van der Waals surface area contributed by atoms with Gasteiger partial charge in [0, 0.05) is 24.3 Å². The fourth-order valence-corrected chi connectivity index (χ4v) is 3.56. The number of hydrogen-bond donors (Lipinski definition) is 2. The Morgan fingerprint density at radius 1 is 1.35 bits per heavy atom. The molecule has 1 aromatic heterocycles. The highest BCUT2D eigenvalue weighted by molar-refractivity contribution is 7.09. The zero-order valence-corrected chi connectivity index (χ0v) is 14.4. The molecule has 0 radical (unpaired) electrons. The fraction of sp³-hybridized carbons (Fsp3) is 0.800. The van der Waals surface area contributed by atoms with E-state index in [0.29, 0.717) is 0 Å². The van der Waals surface area contributed by atoms with Gasteiger partial charge < -0.3 is 4.74 Å². The lowest BCUT2D eigenvalue weighted by Gasteiger charge is -2.37. The van der Waals surface area contributed by atoms with Crippen molar-refractivity contribution in [2.45, 2.75) is 70.9 Å². The molecule has 4 nitrogen and oxygen atoms in total. The van der Waals surface area contributed by atoms with Crippen molar-refractivity contribution in [3.8, 4) is 0 Å². The second-order valence-electron chi connectivity index (χ2n) is 6.28. The van der Waals surface area contributed by atoms with Crippen LogP contribution in [0, 0.1) is 0 Å². The minimum Gasteiger partial charge on any atom is -0.377 e. The average Bonchev–Trinajstić information content (AvgIpc) is 2.88. The van der Waals surface area contributed by atoms with Crippen LogP contribution in [0.3, 0.4) is 0 Å². The number of nitrogens with one attached hydrogen (secondary N) is 1. The number of rotatable bonds is 7. The molecule has 0 fully saturated rings. The largest absolute Gasteiger partial charge is 0.377 e. The van der Waals surface area contributed by atoms with Crippen LogP contribution in [0.4, 0.5) is 0 Å². The third-order valence-electron chi connectivity index (χ3n) is 4.14. The minimum atomic E-state index is -0.234. The van der Waals surface area contributed by atoms with E-state index < -0.39 is 0 Å². The van der Waals surface area contributed by atoms with Crippen molar-refractivity contribution >= 4 is 11.3 Å². The smallest absolute Gasteiger partial charge is 0.0945 e. The Morgan fingerprint density at radius 2 is 1.95 bits per heavy atom. The van der Waals surface area contributed by atoms with Gasteiger partial charge >= 0.3 is 0 Å². The number of hydrogen-bond acceptors (Lipinski definition) is 5. The lowest BCUT2D eigenvalue weighted by Crippen LogP contribution is -2.55. The maximum absolute atomic E-state index is 5.77. The van der Waals surface area contributed by atoms with Gasteiger partial charge in [-0.1, -0.05) is 34.6 Å². The SMILES string of the molecule is CCC(CC)(OC)C(Cc1nc(C(C)(C)C)cs1)NN. The number of ether oxygens (including phenoxy) is 1. The molecule has 0 aliphatic carbocycles. The zero-order valence-electron chi connectivity index (χ0n) is 13.6. The quantitative estimate of drug-likeness (QED) is 0.600. The molecule has 3 N–H and O–H groups in total. The maximum atomic E-state index is 5.77. The van der Waals surface area contributed by atoms with E-state index in [1.807, 2.05) is 0 Å². The van der Waals surface area contributed by atoms with Crippen LogP contribution in [0.5, 0.6) is 0 Å². The summed E-state index contributed by atoms with van der Waals surface area (Å²) < 4.78 is 5.77. The van der Waals surface area contributed by atoms with Crippen LogP contribution in [-0.4, -0.2) is 23.7 Å². The first-order chi connectivity index (χ1) is 9.32. The monoisotopic (exact) mass is 299 g/mol. The van der Waals surface area contributed by atoms with E-state index in [1.165, 1.54) is 0 Å². The second kappa shape index (κ2) is 6.98. The molecule has 0 aliphatic heterocycles. The molecule has 0 amide bonds. The lowest BCUT2D eigenvalue weighted by atomic mass is 9.86. The van der Waals surface area contributed by atoms with Crippen LogP contribution in [0.25, 0.3) is 0 Å². The van der Waals surface area contributed by atoms with E-state index in [1.54, 1.807) is 18.4 Å². The summed E-state index contributed by atoms with van der Waals surface area (Å²) in [5, 5.41) is 3.26. The van der Waals surface area contributed by atoms with Crippen molar-refractivity contribution in [1.29, 1.82) is 0 Å². The second-order valence-corrected chi connectivity index (χ2v) is 7.22. The van der Waals surface area contributed by atoms with Crippen molar-refractivity contribution < 1.29 is 4.74 Å². The summed E-state index contributed by atoms with van der Waals surface area (Å²) in [6.45, 7) is 10.8. The summed E-state index contributed by atoms with van der Waals surface area (Å²) in [6, 6.07) is 0.0708. The van der Waals surface area contributed by atoms with Crippen LogP contribution >= 0.6 is 11.3 Å². The van der Waals surface area contributed by atoms with Crippen molar-refractivity contribution in [3.05, 3.63) is 16.1 Å². The van der Waals surface area contributed by atoms with E-state index in [4.69, 9.17) is 15.6 Å². The molecule has 1 atom stereocenters. The topological polar surface area (TPSA) is 60.2 Å². The summed E-state index contributed by atoms with van der Waals surface area (Å²) in [7, 11) is 1.76. The highest BCUT2D eigenvalue weighted by Crippen LogP contribution is 2.29. The van der Waals surface area contributed by atoms with Gasteiger partial charge in [-0.15, -0.1) is 11.3 Å². The molecule has 116 valence electrons. The van der Waals surface area contributed by atoms with Crippen molar-refractivity contribution in [1.82, 2.24) is 10.4 Å². The van der Waals surface area contributed by atoms with E-state index in [9.17, 15) is 0 Å². The minimum absolute atomic E-state index is 0.0708. The molecular weight excluding hydrogens is 270 g/mol. The lowest BCUT2D eigenvalue weighted by molar-refractivity contribution is -0.0473. The van der Waals surface area contributed by atoms with Gasteiger partial charge in [-0.25, -0.2) is 4.98 Å². The van der Waals surface area contributed by atoms with Crippen molar-refractivity contribution in [2.24, 2.45) is 5.84 Å². The zero-order chi connectivity index (χ0) is 15.4. The predicted molar refractivity (Wildman–Crippen MR) is 86.0 cm³/mol. The van der Waals surface area contributed by atoms with Gasteiger partial charge in [0.1, 0.15) is 0 Å². The van der Waals surface area contributed by atoms with Gasteiger partial charge in [0.2, 0.25) is 0 Å². The fourth-order valence-electron chi connectivity index (χ4n) is 2.49. The van der Waals surface area contributed by atoms with Gasteiger partial charge in [0.25, 0.3) is 0 Å². The Kier molecular flexibility index (Phi) is 6.13. The number of methoxy groups -OCH3 is 1. The Balaban J connectivity index is 2.91. The molecule has 5 heteroatoms. The molecule has 1 heterocycles. The summed E-state index contributed by atoms with van der Waals surface area (Å²) in [4.78, 5) is 4.75. The average molecular weight is 299 g/mol. The number of aromatic nitrogens is 1. The van der Waals surface area contributed by atoms with Gasteiger partial charge in [-0.3, -0.25) is 11.3 Å². The van der Waals surface area contributed by atoms with Crippen LogP contribution in [0.2, 0.25) is 0 Å². The Bertz CT molecular complexity index is 399. The van der Waals surface area contributed by atoms with Gasteiger partial charge in [0.05, 0.1) is 22.3 Å². The molecule has 1 aromatic rings. The van der Waals surface area contributed by atoms with E-state index in [0.717, 1.165) is 30.0 Å². The first-order valence-electron chi connectivity index (χ1n) is 7.29. The molecule has 20 heavy (non-hydrogen) atoms. The number of thiazole rings is 1.